The largest absolute Gasteiger partial charge is 0.393 e. The number of halogens is 2. The maximum Gasteiger partial charge on any atom is 0.252 e. The lowest BCUT2D eigenvalue weighted by atomic mass is 10.2. The van der Waals surface area contributed by atoms with Crippen LogP contribution in [0.5, 0.6) is 0 Å². The minimum Gasteiger partial charge on any atom is -0.393 e. The molecule has 1 unspecified atom stereocenters. The molecule has 0 spiro atoms. The van der Waals surface area contributed by atoms with E-state index in [1.165, 1.54) is 12.1 Å². The van der Waals surface area contributed by atoms with E-state index in [-0.39, 0.29) is 16.5 Å². The Bertz CT molecular complexity index is 398. The fraction of sp³-hybridized carbons (Fsp3) is 0.417. The Morgan fingerprint density at radius 3 is 2.88 bits per heavy atom. The zero-order valence-corrected chi connectivity index (χ0v) is 10.3. The first-order valence-electron chi connectivity index (χ1n) is 5.46. The van der Waals surface area contributed by atoms with E-state index in [2.05, 4.69) is 5.32 Å². The molecule has 0 aliphatic rings. The summed E-state index contributed by atoms with van der Waals surface area (Å²) in [6.45, 7) is 2.23. The number of hydrogen-bond donors (Lipinski definition) is 2. The SMILES string of the molecule is CCC(O)CCNC(=O)c1ccc(F)cc1Cl. The Balaban J connectivity index is 2.52. The van der Waals surface area contributed by atoms with Gasteiger partial charge in [0.25, 0.3) is 5.91 Å². The van der Waals surface area contributed by atoms with Crippen LogP contribution in [0.25, 0.3) is 0 Å². The molecule has 1 rings (SSSR count). The van der Waals surface area contributed by atoms with Gasteiger partial charge in [-0.25, -0.2) is 4.39 Å². The number of nitrogens with one attached hydrogen (secondary N) is 1. The van der Waals surface area contributed by atoms with Crippen LogP contribution in [-0.4, -0.2) is 23.7 Å². The molecule has 1 aromatic rings. The summed E-state index contributed by atoms with van der Waals surface area (Å²) in [5.74, 6) is -0.841. The van der Waals surface area contributed by atoms with Gasteiger partial charge in [-0.1, -0.05) is 18.5 Å². The molecular weight excluding hydrogens is 245 g/mol. The highest BCUT2D eigenvalue weighted by atomic mass is 35.5. The van der Waals surface area contributed by atoms with Crippen molar-refractivity contribution in [2.24, 2.45) is 0 Å². The van der Waals surface area contributed by atoms with E-state index >= 15 is 0 Å². The van der Waals surface area contributed by atoms with E-state index in [1.54, 1.807) is 0 Å². The Hall–Kier alpha value is -1.13. The van der Waals surface area contributed by atoms with Gasteiger partial charge in [-0.15, -0.1) is 0 Å². The van der Waals surface area contributed by atoms with Crippen molar-refractivity contribution in [2.75, 3.05) is 6.54 Å². The van der Waals surface area contributed by atoms with Gasteiger partial charge < -0.3 is 10.4 Å². The lowest BCUT2D eigenvalue weighted by molar-refractivity contribution is 0.0942. The summed E-state index contributed by atoms with van der Waals surface area (Å²) >= 11 is 5.74. The van der Waals surface area contributed by atoms with Crippen LogP contribution in [0.2, 0.25) is 5.02 Å². The third-order valence-electron chi connectivity index (χ3n) is 2.41. The van der Waals surface area contributed by atoms with Gasteiger partial charge in [0.1, 0.15) is 5.82 Å². The van der Waals surface area contributed by atoms with Crippen LogP contribution in [0, 0.1) is 5.82 Å². The number of aliphatic hydroxyl groups excluding tert-OH is 1. The number of hydrogen-bond acceptors (Lipinski definition) is 2. The second kappa shape index (κ2) is 6.57. The van der Waals surface area contributed by atoms with Crippen LogP contribution in [0.4, 0.5) is 4.39 Å². The molecule has 0 saturated heterocycles. The quantitative estimate of drug-likeness (QED) is 0.853. The summed E-state index contributed by atoms with van der Waals surface area (Å²) in [5.41, 5.74) is 0.235. The Labute approximate surface area is 105 Å². The van der Waals surface area contributed by atoms with E-state index in [9.17, 15) is 14.3 Å². The van der Waals surface area contributed by atoms with Gasteiger partial charge in [0.2, 0.25) is 0 Å². The number of rotatable bonds is 5. The summed E-state index contributed by atoms with van der Waals surface area (Å²) in [6.07, 6.45) is 0.716. The second-order valence-corrected chi connectivity index (χ2v) is 4.14. The molecule has 3 nitrogen and oxygen atoms in total. The van der Waals surface area contributed by atoms with Crippen LogP contribution in [0.3, 0.4) is 0 Å². The van der Waals surface area contributed by atoms with Gasteiger partial charge in [-0.05, 0) is 31.0 Å². The number of carbonyl (C=O) groups is 1. The predicted molar refractivity (Wildman–Crippen MR) is 64.7 cm³/mol. The van der Waals surface area contributed by atoms with E-state index in [0.717, 1.165) is 6.07 Å². The second-order valence-electron chi connectivity index (χ2n) is 3.73. The molecule has 0 bridgehead atoms. The highest BCUT2D eigenvalue weighted by Crippen LogP contribution is 2.16. The fourth-order valence-corrected chi connectivity index (χ4v) is 1.58. The van der Waals surface area contributed by atoms with Crippen molar-refractivity contribution in [3.05, 3.63) is 34.6 Å². The molecule has 94 valence electrons. The third-order valence-corrected chi connectivity index (χ3v) is 2.72. The standard InChI is InChI=1S/C12H15ClFNO2/c1-2-9(16)5-6-15-12(17)10-4-3-8(14)7-11(10)13/h3-4,7,9,16H,2,5-6H2,1H3,(H,15,17). The van der Waals surface area contributed by atoms with Gasteiger partial charge in [0.05, 0.1) is 16.7 Å². The number of carbonyl (C=O) groups excluding carboxylic acids is 1. The zero-order chi connectivity index (χ0) is 12.8. The maximum absolute atomic E-state index is 12.8. The van der Waals surface area contributed by atoms with Gasteiger partial charge >= 0.3 is 0 Å². The molecule has 0 saturated carbocycles. The van der Waals surface area contributed by atoms with Gasteiger partial charge in [-0.3, -0.25) is 4.79 Å². The molecule has 1 atom stereocenters. The van der Waals surface area contributed by atoms with Gasteiger partial charge in [0.15, 0.2) is 0 Å². The first-order valence-corrected chi connectivity index (χ1v) is 5.83. The molecule has 5 heteroatoms. The average molecular weight is 260 g/mol. The van der Waals surface area contributed by atoms with Crippen LogP contribution >= 0.6 is 11.6 Å². The zero-order valence-electron chi connectivity index (χ0n) is 9.54. The molecule has 1 aromatic carbocycles. The van der Waals surface area contributed by atoms with Crippen LogP contribution < -0.4 is 5.32 Å². The molecule has 0 fully saturated rings. The van der Waals surface area contributed by atoms with Crippen molar-refractivity contribution in [3.8, 4) is 0 Å². The van der Waals surface area contributed by atoms with E-state index < -0.39 is 11.9 Å². The molecule has 0 aromatic heterocycles. The van der Waals surface area contributed by atoms with E-state index in [0.29, 0.717) is 19.4 Å². The molecule has 0 aliphatic carbocycles. The van der Waals surface area contributed by atoms with E-state index in [4.69, 9.17) is 11.6 Å². The van der Waals surface area contributed by atoms with E-state index in [1.807, 2.05) is 6.92 Å². The smallest absolute Gasteiger partial charge is 0.252 e. The molecule has 2 N–H and O–H groups in total. The molecule has 17 heavy (non-hydrogen) atoms. The van der Waals surface area contributed by atoms with Crippen LogP contribution in [0.15, 0.2) is 18.2 Å². The van der Waals surface area contributed by atoms with Crippen LogP contribution in [-0.2, 0) is 0 Å². The first kappa shape index (κ1) is 13.9. The minimum atomic E-state index is -0.479. The van der Waals surface area contributed by atoms with Crippen molar-refractivity contribution in [1.29, 1.82) is 0 Å². The van der Waals surface area contributed by atoms with Gasteiger partial charge in [0, 0.05) is 6.54 Å². The highest BCUT2D eigenvalue weighted by Gasteiger charge is 2.11. The lowest BCUT2D eigenvalue weighted by Crippen LogP contribution is -2.27. The predicted octanol–water partition coefficient (Wildman–Crippen LogP) is 2.37. The maximum atomic E-state index is 12.8. The number of amides is 1. The molecule has 0 aliphatic heterocycles. The average Bonchev–Trinajstić information content (AvgIpc) is 2.28. The van der Waals surface area contributed by atoms with Crippen molar-refractivity contribution >= 4 is 17.5 Å². The van der Waals surface area contributed by atoms with Crippen molar-refractivity contribution in [3.63, 3.8) is 0 Å². The molecule has 1 amide bonds. The first-order chi connectivity index (χ1) is 8.04. The Kier molecular flexibility index (Phi) is 5.38. The minimum absolute atomic E-state index is 0.0820. The lowest BCUT2D eigenvalue weighted by Gasteiger charge is -2.09. The summed E-state index contributed by atoms with van der Waals surface area (Å²) in [7, 11) is 0. The molecular formula is C12H15ClFNO2. The molecule has 0 heterocycles. The van der Waals surface area contributed by atoms with Crippen molar-refractivity contribution < 1.29 is 14.3 Å². The monoisotopic (exact) mass is 259 g/mol. The number of benzene rings is 1. The fourth-order valence-electron chi connectivity index (χ4n) is 1.33. The van der Waals surface area contributed by atoms with Gasteiger partial charge in [-0.2, -0.15) is 0 Å². The van der Waals surface area contributed by atoms with Crippen molar-refractivity contribution in [1.82, 2.24) is 5.32 Å². The topological polar surface area (TPSA) is 49.3 Å². The molecule has 0 radical (unpaired) electrons. The third kappa shape index (κ3) is 4.32. The normalized spacial score (nSPS) is 12.2. The summed E-state index contributed by atoms with van der Waals surface area (Å²) in [6, 6.07) is 3.61. The van der Waals surface area contributed by atoms with Crippen molar-refractivity contribution in [2.45, 2.75) is 25.9 Å². The number of aliphatic hydroxyl groups is 1. The highest BCUT2D eigenvalue weighted by molar-refractivity contribution is 6.33. The Morgan fingerprint density at radius 1 is 1.59 bits per heavy atom. The summed E-state index contributed by atoms with van der Waals surface area (Å²) in [4.78, 5) is 11.6. The summed E-state index contributed by atoms with van der Waals surface area (Å²) < 4.78 is 12.8. The summed E-state index contributed by atoms with van der Waals surface area (Å²) in [5, 5.41) is 12.0. The Morgan fingerprint density at radius 2 is 2.29 bits per heavy atom. The van der Waals surface area contributed by atoms with Crippen LogP contribution in [0.1, 0.15) is 30.1 Å².